The van der Waals surface area contributed by atoms with Gasteiger partial charge in [-0.05, 0) is 24.1 Å². The summed E-state index contributed by atoms with van der Waals surface area (Å²) in [6, 6.07) is 5.71. The molecule has 1 aromatic carbocycles. The molecule has 0 fully saturated rings. The molecule has 0 radical (unpaired) electrons. The van der Waals surface area contributed by atoms with Gasteiger partial charge in [-0.2, -0.15) is 0 Å². The highest BCUT2D eigenvalue weighted by molar-refractivity contribution is 5.92. The van der Waals surface area contributed by atoms with Gasteiger partial charge in [0.25, 0.3) is 0 Å². The molecule has 1 unspecified atom stereocenters. The number of aliphatic hydroxyl groups is 1. The zero-order valence-electron chi connectivity index (χ0n) is 10.6. The van der Waals surface area contributed by atoms with Gasteiger partial charge in [0.15, 0.2) is 0 Å². The molecule has 4 nitrogen and oxygen atoms in total. The van der Waals surface area contributed by atoms with Crippen LogP contribution in [0.25, 0.3) is 0 Å². The molecule has 0 saturated heterocycles. The predicted octanol–water partition coefficient (Wildman–Crippen LogP) is 1.37. The SMILES string of the molecule is CC(C)C(O)CNCC(=O)Nc1cccc(F)c1. The fourth-order valence-electron chi connectivity index (χ4n) is 1.34. The summed E-state index contributed by atoms with van der Waals surface area (Å²) < 4.78 is 12.9. The number of hydrogen-bond donors (Lipinski definition) is 3. The summed E-state index contributed by atoms with van der Waals surface area (Å²) in [5.41, 5.74) is 0.422. The Balaban J connectivity index is 2.30. The van der Waals surface area contributed by atoms with Crippen LogP contribution in [-0.4, -0.2) is 30.2 Å². The van der Waals surface area contributed by atoms with Crippen molar-refractivity contribution in [2.45, 2.75) is 20.0 Å². The van der Waals surface area contributed by atoms with E-state index < -0.39 is 11.9 Å². The van der Waals surface area contributed by atoms with Gasteiger partial charge in [-0.1, -0.05) is 19.9 Å². The third-order valence-corrected chi connectivity index (χ3v) is 2.52. The van der Waals surface area contributed by atoms with Crippen molar-refractivity contribution < 1.29 is 14.3 Å². The van der Waals surface area contributed by atoms with Crippen LogP contribution in [0, 0.1) is 11.7 Å². The van der Waals surface area contributed by atoms with E-state index in [1.165, 1.54) is 18.2 Å². The second-order valence-electron chi connectivity index (χ2n) is 4.50. The first-order valence-corrected chi connectivity index (χ1v) is 5.93. The Morgan fingerprint density at radius 2 is 2.17 bits per heavy atom. The molecule has 0 aliphatic carbocycles. The number of nitrogens with one attached hydrogen (secondary N) is 2. The molecule has 100 valence electrons. The second kappa shape index (κ2) is 7.08. The molecule has 1 rings (SSSR count). The number of carbonyl (C=O) groups is 1. The molecule has 3 N–H and O–H groups in total. The molecule has 18 heavy (non-hydrogen) atoms. The third kappa shape index (κ3) is 5.25. The summed E-state index contributed by atoms with van der Waals surface area (Å²) in [5, 5.41) is 14.9. The minimum atomic E-state index is -0.480. The standard InChI is InChI=1S/C13H19FN2O2/c1-9(2)12(17)7-15-8-13(18)16-11-5-3-4-10(14)6-11/h3-6,9,12,15,17H,7-8H2,1-2H3,(H,16,18). The Hall–Kier alpha value is -1.46. The van der Waals surface area contributed by atoms with Gasteiger partial charge in [-0.25, -0.2) is 4.39 Å². The van der Waals surface area contributed by atoms with Gasteiger partial charge >= 0.3 is 0 Å². The lowest BCUT2D eigenvalue weighted by molar-refractivity contribution is -0.115. The number of hydrogen-bond acceptors (Lipinski definition) is 3. The molecular weight excluding hydrogens is 235 g/mol. The topological polar surface area (TPSA) is 61.4 Å². The van der Waals surface area contributed by atoms with Crippen LogP contribution >= 0.6 is 0 Å². The van der Waals surface area contributed by atoms with E-state index in [1.54, 1.807) is 6.07 Å². The Kier molecular flexibility index (Phi) is 5.74. The third-order valence-electron chi connectivity index (χ3n) is 2.52. The van der Waals surface area contributed by atoms with Crippen molar-refractivity contribution in [1.82, 2.24) is 5.32 Å². The van der Waals surface area contributed by atoms with Crippen molar-refractivity contribution in [2.24, 2.45) is 5.92 Å². The summed E-state index contributed by atoms with van der Waals surface area (Å²) in [6.45, 7) is 4.24. The van der Waals surface area contributed by atoms with E-state index in [-0.39, 0.29) is 18.4 Å². The Labute approximate surface area is 106 Å². The monoisotopic (exact) mass is 254 g/mol. The van der Waals surface area contributed by atoms with Crippen molar-refractivity contribution in [3.05, 3.63) is 30.1 Å². The van der Waals surface area contributed by atoms with Crippen LogP contribution in [0.4, 0.5) is 10.1 Å². The Bertz CT molecular complexity index is 396. The van der Waals surface area contributed by atoms with E-state index in [4.69, 9.17) is 0 Å². The van der Waals surface area contributed by atoms with Gasteiger partial charge in [0.2, 0.25) is 5.91 Å². The maximum absolute atomic E-state index is 12.9. The van der Waals surface area contributed by atoms with Gasteiger partial charge in [-0.3, -0.25) is 4.79 Å². The maximum atomic E-state index is 12.9. The first-order chi connectivity index (χ1) is 8.49. The van der Waals surface area contributed by atoms with Crippen LogP contribution in [0.1, 0.15) is 13.8 Å². The molecule has 0 bridgehead atoms. The van der Waals surface area contributed by atoms with E-state index in [9.17, 15) is 14.3 Å². The molecule has 1 atom stereocenters. The van der Waals surface area contributed by atoms with Crippen LogP contribution < -0.4 is 10.6 Å². The van der Waals surface area contributed by atoms with Crippen LogP contribution in [0.5, 0.6) is 0 Å². The van der Waals surface area contributed by atoms with Crippen molar-refractivity contribution in [1.29, 1.82) is 0 Å². The molecule has 0 aliphatic rings. The van der Waals surface area contributed by atoms with Gasteiger partial charge in [0, 0.05) is 12.2 Å². The number of anilines is 1. The summed E-state index contributed by atoms with van der Waals surface area (Å²) in [5.74, 6) is -0.517. The van der Waals surface area contributed by atoms with Crippen molar-refractivity contribution in [2.75, 3.05) is 18.4 Å². The summed E-state index contributed by atoms with van der Waals surface area (Å²) in [6.07, 6.45) is -0.480. The van der Waals surface area contributed by atoms with Crippen LogP contribution in [-0.2, 0) is 4.79 Å². The maximum Gasteiger partial charge on any atom is 0.238 e. The number of rotatable bonds is 6. The van der Waals surface area contributed by atoms with Gasteiger partial charge in [0.1, 0.15) is 5.82 Å². The second-order valence-corrected chi connectivity index (χ2v) is 4.50. The predicted molar refractivity (Wildman–Crippen MR) is 68.7 cm³/mol. The van der Waals surface area contributed by atoms with Crippen molar-refractivity contribution in [3.8, 4) is 0 Å². The molecule has 5 heteroatoms. The van der Waals surface area contributed by atoms with Gasteiger partial charge in [0.05, 0.1) is 12.6 Å². The summed E-state index contributed by atoms with van der Waals surface area (Å²) in [4.78, 5) is 11.5. The van der Waals surface area contributed by atoms with Crippen molar-refractivity contribution in [3.63, 3.8) is 0 Å². The molecular formula is C13H19FN2O2. The minimum Gasteiger partial charge on any atom is -0.392 e. The number of amides is 1. The number of benzene rings is 1. The molecule has 0 aromatic heterocycles. The average molecular weight is 254 g/mol. The first kappa shape index (κ1) is 14.6. The van der Waals surface area contributed by atoms with Crippen molar-refractivity contribution >= 4 is 11.6 Å². The largest absolute Gasteiger partial charge is 0.392 e. The zero-order valence-corrected chi connectivity index (χ0v) is 10.6. The molecule has 1 aromatic rings. The lowest BCUT2D eigenvalue weighted by atomic mass is 10.1. The number of carbonyl (C=O) groups excluding carboxylic acids is 1. The van der Waals surface area contributed by atoms with E-state index >= 15 is 0 Å². The molecule has 0 spiro atoms. The first-order valence-electron chi connectivity index (χ1n) is 5.93. The lowest BCUT2D eigenvalue weighted by Crippen LogP contribution is -2.35. The summed E-state index contributed by atoms with van der Waals surface area (Å²) in [7, 11) is 0. The Morgan fingerprint density at radius 3 is 2.78 bits per heavy atom. The fourth-order valence-corrected chi connectivity index (χ4v) is 1.34. The van der Waals surface area contributed by atoms with E-state index in [0.29, 0.717) is 12.2 Å². The van der Waals surface area contributed by atoms with Gasteiger partial charge in [-0.15, -0.1) is 0 Å². The van der Waals surface area contributed by atoms with E-state index in [0.717, 1.165) is 0 Å². The highest BCUT2D eigenvalue weighted by Gasteiger charge is 2.09. The van der Waals surface area contributed by atoms with Gasteiger partial charge < -0.3 is 15.7 Å². The number of aliphatic hydroxyl groups excluding tert-OH is 1. The van der Waals surface area contributed by atoms with E-state index in [1.807, 2.05) is 13.8 Å². The Morgan fingerprint density at radius 1 is 1.44 bits per heavy atom. The molecule has 0 saturated carbocycles. The quantitative estimate of drug-likeness (QED) is 0.718. The smallest absolute Gasteiger partial charge is 0.238 e. The molecule has 1 amide bonds. The average Bonchev–Trinajstić information content (AvgIpc) is 2.28. The fraction of sp³-hybridized carbons (Fsp3) is 0.462. The van der Waals surface area contributed by atoms with Crippen LogP contribution in [0.15, 0.2) is 24.3 Å². The van der Waals surface area contributed by atoms with Crippen LogP contribution in [0.2, 0.25) is 0 Å². The minimum absolute atomic E-state index is 0.0836. The number of halogens is 1. The highest BCUT2D eigenvalue weighted by Crippen LogP contribution is 2.08. The highest BCUT2D eigenvalue weighted by atomic mass is 19.1. The lowest BCUT2D eigenvalue weighted by Gasteiger charge is -2.14. The normalized spacial score (nSPS) is 12.5. The molecule has 0 aliphatic heterocycles. The van der Waals surface area contributed by atoms with Crippen LogP contribution in [0.3, 0.4) is 0 Å². The summed E-state index contributed by atoms with van der Waals surface area (Å²) >= 11 is 0. The van der Waals surface area contributed by atoms with E-state index in [2.05, 4.69) is 10.6 Å². The zero-order chi connectivity index (χ0) is 13.5. The molecule has 0 heterocycles.